The van der Waals surface area contributed by atoms with E-state index in [1.165, 1.54) is 23.3 Å². The van der Waals surface area contributed by atoms with Crippen LogP contribution >= 0.6 is 23.4 Å². The van der Waals surface area contributed by atoms with Gasteiger partial charge in [-0.2, -0.15) is 0 Å². The summed E-state index contributed by atoms with van der Waals surface area (Å²) >= 11 is 7.79. The Balaban J connectivity index is 2.44. The molecule has 2 rings (SSSR count). The molecule has 0 amide bonds. The van der Waals surface area contributed by atoms with Crippen LogP contribution in [0.25, 0.3) is 0 Å². The molecule has 76 valence electrons. The second-order valence-corrected chi connectivity index (χ2v) is 5.11. The van der Waals surface area contributed by atoms with Crippen LogP contribution in [0.3, 0.4) is 0 Å². The van der Waals surface area contributed by atoms with E-state index in [1.54, 1.807) is 11.8 Å². The number of hydrogen-bond donors (Lipinski definition) is 1. The van der Waals surface area contributed by atoms with Gasteiger partial charge in [-0.15, -0.1) is 11.8 Å². The van der Waals surface area contributed by atoms with Crippen LogP contribution in [0.4, 0.5) is 0 Å². The lowest BCUT2D eigenvalue weighted by Crippen LogP contribution is -2.20. The van der Waals surface area contributed by atoms with E-state index in [9.17, 15) is 0 Å². The lowest BCUT2D eigenvalue weighted by Gasteiger charge is -2.16. The smallest absolute Gasteiger partial charge is 0.0409 e. The molecule has 0 aromatic heterocycles. The molecule has 0 radical (unpaired) electrons. The SMILES string of the molecule is CSc1ccc(Cl)cc1C1(CN)CC1. The maximum absolute atomic E-state index is 6.01. The van der Waals surface area contributed by atoms with Gasteiger partial charge in [-0.3, -0.25) is 0 Å². The summed E-state index contributed by atoms with van der Waals surface area (Å²) in [5.41, 5.74) is 7.41. The third-order valence-corrected chi connectivity index (χ3v) is 4.01. The van der Waals surface area contributed by atoms with Crippen molar-refractivity contribution in [3.63, 3.8) is 0 Å². The number of benzene rings is 1. The Morgan fingerprint density at radius 2 is 2.21 bits per heavy atom. The van der Waals surface area contributed by atoms with E-state index in [1.807, 2.05) is 6.07 Å². The molecular weight excluding hydrogens is 214 g/mol. The van der Waals surface area contributed by atoms with E-state index in [0.29, 0.717) is 0 Å². The number of halogens is 1. The van der Waals surface area contributed by atoms with Crippen molar-refractivity contribution in [1.82, 2.24) is 0 Å². The molecule has 0 spiro atoms. The van der Waals surface area contributed by atoms with E-state index >= 15 is 0 Å². The highest BCUT2D eigenvalue weighted by Gasteiger charge is 2.44. The fourth-order valence-electron chi connectivity index (χ4n) is 1.83. The second kappa shape index (κ2) is 3.76. The van der Waals surface area contributed by atoms with Crippen molar-refractivity contribution in [3.8, 4) is 0 Å². The molecule has 1 saturated carbocycles. The van der Waals surface area contributed by atoms with Crippen LogP contribution in [0.15, 0.2) is 23.1 Å². The molecular formula is C11H14ClNS. The monoisotopic (exact) mass is 227 g/mol. The molecule has 1 nitrogen and oxygen atoms in total. The van der Waals surface area contributed by atoms with Crippen molar-refractivity contribution in [2.45, 2.75) is 23.2 Å². The number of nitrogens with two attached hydrogens (primary N) is 1. The lowest BCUT2D eigenvalue weighted by molar-refractivity contribution is 0.690. The summed E-state index contributed by atoms with van der Waals surface area (Å²) in [4.78, 5) is 1.32. The molecule has 1 aromatic rings. The first-order chi connectivity index (χ1) is 6.72. The van der Waals surface area contributed by atoms with Crippen molar-refractivity contribution in [2.75, 3.05) is 12.8 Å². The first-order valence-electron chi connectivity index (χ1n) is 4.76. The van der Waals surface area contributed by atoms with Gasteiger partial charge in [0.1, 0.15) is 0 Å². The summed E-state index contributed by atoms with van der Waals surface area (Å²) in [6.45, 7) is 0.737. The van der Waals surface area contributed by atoms with Gasteiger partial charge in [0.2, 0.25) is 0 Å². The molecule has 1 fully saturated rings. The Hall–Kier alpha value is -0.180. The average molecular weight is 228 g/mol. The molecule has 0 aliphatic heterocycles. The van der Waals surface area contributed by atoms with Crippen LogP contribution in [0, 0.1) is 0 Å². The zero-order chi connectivity index (χ0) is 10.2. The molecule has 1 aromatic carbocycles. The largest absolute Gasteiger partial charge is 0.330 e. The normalized spacial score (nSPS) is 18.2. The first kappa shape index (κ1) is 10.3. The Morgan fingerprint density at radius 3 is 2.71 bits per heavy atom. The molecule has 2 N–H and O–H groups in total. The second-order valence-electron chi connectivity index (χ2n) is 3.83. The van der Waals surface area contributed by atoms with Crippen LogP contribution in [0.5, 0.6) is 0 Å². The molecule has 3 heteroatoms. The Labute approximate surface area is 94.0 Å². The minimum atomic E-state index is 0.239. The van der Waals surface area contributed by atoms with Crippen LogP contribution < -0.4 is 5.73 Å². The zero-order valence-corrected chi connectivity index (χ0v) is 9.79. The molecule has 14 heavy (non-hydrogen) atoms. The van der Waals surface area contributed by atoms with Crippen molar-refractivity contribution in [1.29, 1.82) is 0 Å². The van der Waals surface area contributed by atoms with E-state index in [4.69, 9.17) is 17.3 Å². The zero-order valence-electron chi connectivity index (χ0n) is 8.22. The first-order valence-corrected chi connectivity index (χ1v) is 6.36. The van der Waals surface area contributed by atoms with Gasteiger partial charge in [0.15, 0.2) is 0 Å². The van der Waals surface area contributed by atoms with E-state index in [0.717, 1.165) is 11.6 Å². The summed E-state index contributed by atoms with van der Waals surface area (Å²) < 4.78 is 0. The Kier molecular flexibility index (Phi) is 2.78. The van der Waals surface area contributed by atoms with Gasteiger partial charge in [-0.05, 0) is 42.9 Å². The highest BCUT2D eigenvalue weighted by atomic mass is 35.5. The van der Waals surface area contributed by atoms with Gasteiger partial charge in [0, 0.05) is 21.9 Å². The average Bonchev–Trinajstić information content (AvgIpc) is 2.98. The van der Waals surface area contributed by atoms with E-state index < -0.39 is 0 Å². The fourth-order valence-corrected chi connectivity index (χ4v) is 2.70. The third-order valence-electron chi connectivity index (χ3n) is 2.98. The predicted molar refractivity (Wildman–Crippen MR) is 63.2 cm³/mol. The Morgan fingerprint density at radius 1 is 1.50 bits per heavy atom. The van der Waals surface area contributed by atoms with Crippen molar-refractivity contribution in [3.05, 3.63) is 28.8 Å². The van der Waals surface area contributed by atoms with Crippen LogP contribution in [-0.4, -0.2) is 12.8 Å². The summed E-state index contributed by atoms with van der Waals surface area (Å²) in [6, 6.07) is 6.12. The lowest BCUT2D eigenvalue weighted by atomic mass is 9.96. The van der Waals surface area contributed by atoms with Gasteiger partial charge in [0.05, 0.1) is 0 Å². The van der Waals surface area contributed by atoms with Crippen LogP contribution in [0.2, 0.25) is 5.02 Å². The standard InChI is InChI=1S/C11H14ClNS/c1-14-10-3-2-8(12)6-9(10)11(7-13)4-5-11/h2-3,6H,4-5,7,13H2,1H3. The molecule has 1 aliphatic carbocycles. The highest BCUT2D eigenvalue weighted by molar-refractivity contribution is 7.98. The number of hydrogen-bond acceptors (Lipinski definition) is 2. The van der Waals surface area contributed by atoms with Gasteiger partial charge in [0.25, 0.3) is 0 Å². The highest BCUT2D eigenvalue weighted by Crippen LogP contribution is 2.50. The van der Waals surface area contributed by atoms with Gasteiger partial charge in [-0.25, -0.2) is 0 Å². The quantitative estimate of drug-likeness (QED) is 0.804. The van der Waals surface area contributed by atoms with Crippen LogP contribution in [-0.2, 0) is 5.41 Å². The van der Waals surface area contributed by atoms with Gasteiger partial charge < -0.3 is 5.73 Å². The van der Waals surface area contributed by atoms with E-state index in [2.05, 4.69) is 18.4 Å². The third kappa shape index (κ3) is 1.67. The van der Waals surface area contributed by atoms with Crippen molar-refractivity contribution in [2.24, 2.45) is 5.73 Å². The van der Waals surface area contributed by atoms with Crippen LogP contribution in [0.1, 0.15) is 18.4 Å². The summed E-state index contributed by atoms with van der Waals surface area (Å²) in [5, 5.41) is 0.817. The summed E-state index contributed by atoms with van der Waals surface area (Å²) in [6.07, 6.45) is 4.51. The molecule has 0 saturated heterocycles. The van der Waals surface area contributed by atoms with Crippen molar-refractivity contribution < 1.29 is 0 Å². The maximum atomic E-state index is 6.01. The molecule has 0 unspecified atom stereocenters. The number of rotatable bonds is 3. The van der Waals surface area contributed by atoms with Gasteiger partial charge in [-0.1, -0.05) is 11.6 Å². The summed E-state index contributed by atoms with van der Waals surface area (Å²) in [5.74, 6) is 0. The molecule has 1 aliphatic rings. The number of thioether (sulfide) groups is 1. The molecule has 0 bridgehead atoms. The minimum Gasteiger partial charge on any atom is -0.330 e. The van der Waals surface area contributed by atoms with E-state index in [-0.39, 0.29) is 5.41 Å². The summed E-state index contributed by atoms with van der Waals surface area (Å²) in [7, 11) is 0. The topological polar surface area (TPSA) is 26.0 Å². The van der Waals surface area contributed by atoms with Crippen molar-refractivity contribution >= 4 is 23.4 Å². The Bertz CT molecular complexity index is 347. The predicted octanol–water partition coefficient (Wildman–Crippen LogP) is 3.05. The maximum Gasteiger partial charge on any atom is 0.0409 e. The van der Waals surface area contributed by atoms with Gasteiger partial charge >= 0.3 is 0 Å². The molecule has 0 heterocycles. The molecule has 0 atom stereocenters. The fraction of sp³-hybridized carbons (Fsp3) is 0.455. The minimum absolute atomic E-state index is 0.239.